The molecule has 3 N–H and O–H groups in total. The molecule has 1 aliphatic heterocycles. The molecule has 0 aromatic heterocycles. The molecule has 1 aromatic rings. The Morgan fingerprint density at radius 3 is 2.73 bits per heavy atom. The number of nitrogens with one attached hydrogen (secondary N) is 1. The quantitative estimate of drug-likeness (QED) is 0.885. The van der Waals surface area contributed by atoms with E-state index in [0.717, 1.165) is 16.8 Å². The van der Waals surface area contributed by atoms with Crippen LogP contribution in [0.3, 0.4) is 0 Å². The lowest BCUT2D eigenvalue weighted by molar-refractivity contribution is -0.127. The maximum Gasteiger partial charge on any atom is 0.227 e. The van der Waals surface area contributed by atoms with Crippen LogP contribution in [0, 0.1) is 19.8 Å². The summed E-state index contributed by atoms with van der Waals surface area (Å²) >= 11 is 0. The Labute approximate surface area is 131 Å². The third-order valence-corrected chi connectivity index (χ3v) is 4.33. The van der Waals surface area contributed by atoms with Gasteiger partial charge in [0.15, 0.2) is 0 Å². The van der Waals surface area contributed by atoms with Crippen molar-refractivity contribution in [1.29, 1.82) is 0 Å². The summed E-state index contributed by atoms with van der Waals surface area (Å²) in [7, 11) is 0. The highest BCUT2D eigenvalue weighted by atomic mass is 16.2. The molecule has 0 saturated carbocycles. The van der Waals surface area contributed by atoms with Gasteiger partial charge in [0.1, 0.15) is 0 Å². The van der Waals surface area contributed by atoms with Crippen LogP contribution < -0.4 is 16.0 Å². The molecule has 120 valence electrons. The van der Waals surface area contributed by atoms with Gasteiger partial charge in [-0.05, 0) is 44.9 Å². The third-order valence-electron chi connectivity index (χ3n) is 4.33. The summed E-state index contributed by atoms with van der Waals surface area (Å²) in [6.07, 6.45) is 0.250. The predicted molar refractivity (Wildman–Crippen MR) is 87.7 cm³/mol. The number of anilines is 1. The molecule has 0 aliphatic carbocycles. The molecule has 1 aliphatic rings. The van der Waals surface area contributed by atoms with Crippen LogP contribution in [0.2, 0.25) is 0 Å². The topological polar surface area (TPSA) is 75.4 Å². The predicted octanol–water partition coefficient (Wildman–Crippen LogP) is 1.51. The van der Waals surface area contributed by atoms with Gasteiger partial charge in [-0.2, -0.15) is 0 Å². The summed E-state index contributed by atoms with van der Waals surface area (Å²) in [4.78, 5) is 26.4. The van der Waals surface area contributed by atoms with Crippen molar-refractivity contribution >= 4 is 17.5 Å². The van der Waals surface area contributed by atoms with E-state index in [4.69, 9.17) is 5.73 Å². The highest BCUT2D eigenvalue weighted by molar-refractivity contribution is 6.01. The average Bonchev–Trinajstić information content (AvgIpc) is 2.83. The van der Waals surface area contributed by atoms with Crippen LogP contribution in [-0.2, 0) is 9.59 Å². The Kier molecular flexibility index (Phi) is 4.56. The van der Waals surface area contributed by atoms with E-state index in [0.29, 0.717) is 13.1 Å². The van der Waals surface area contributed by atoms with Gasteiger partial charge in [-0.1, -0.05) is 12.1 Å². The first kappa shape index (κ1) is 16.5. The highest BCUT2D eigenvalue weighted by Crippen LogP contribution is 2.29. The Bertz CT molecular complexity index is 596. The summed E-state index contributed by atoms with van der Waals surface area (Å²) in [6.45, 7) is 8.57. The van der Waals surface area contributed by atoms with Crippen LogP contribution in [-0.4, -0.2) is 30.4 Å². The van der Waals surface area contributed by atoms with Crippen molar-refractivity contribution in [3.63, 3.8) is 0 Å². The first-order valence-electron chi connectivity index (χ1n) is 7.64. The van der Waals surface area contributed by atoms with Crippen molar-refractivity contribution < 1.29 is 9.59 Å². The number of hydrogen-bond acceptors (Lipinski definition) is 3. The smallest absolute Gasteiger partial charge is 0.227 e. The van der Waals surface area contributed by atoms with Crippen molar-refractivity contribution in [2.45, 2.75) is 39.7 Å². The molecule has 22 heavy (non-hydrogen) atoms. The lowest BCUT2D eigenvalue weighted by atomic mass is 10.0. The van der Waals surface area contributed by atoms with Gasteiger partial charge in [-0.3, -0.25) is 9.59 Å². The van der Waals surface area contributed by atoms with Crippen molar-refractivity contribution in [2.75, 3.05) is 18.0 Å². The van der Waals surface area contributed by atoms with Gasteiger partial charge in [0.2, 0.25) is 11.8 Å². The van der Waals surface area contributed by atoms with E-state index in [1.165, 1.54) is 0 Å². The molecule has 0 bridgehead atoms. The van der Waals surface area contributed by atoms with E-state index in [9.17, 15) is 9.59 Å². The highest BCUT2D eigenvalue weighted by Gasteiger charge is 2.37. The molecule has 2 amide bonds. The van der Waals surface area contributed by atoms with Crippen molar-refractivity contribution in [2.24, 2.45) is 11.7 Å². The number of nitrogens with two attached hydrogens (primary N) is 1. The SMILES string of the molecule is Cc1cccc(N2CC(C(=O)NC(C)(C)CN)CC2=O)c1C. The van der Waals surface area contributed by atoms with Crippen LogP contribution in [0.15, 0.2) is 18.2 Å². The second-order valence-corrected chi connectivity index (χ2v) is 6.70. The van der Waals surface area contributed by atoms with Gasteiger partial charge in [0, 0.05) is 30.7 Å². The van der Waals surface area contributed by atoms with Crippen LogP contribution in [0.1, 0.15) is 31.4 Å². The standard InChI is InChI=1S/C17H25N3O2/c1-11-6-5-7-14(12(11)2)20-9-13(8-15(20)21)16(22)19-17(3,4)10-18/h5-7,13H,8-10,18H2,1-4H3,(H,19,22). The number of carbonyl (C=O) groups is 2. The number of amides is 2. The second kappa shape index (κ2) is 6.08. The summed E-state index contributed by atoms with van der Waals surface area (Å²) in [5.74, 6) is -0.422. The van der Waals surface area contributed by atoms with Crippen LogP contribution in [0.25, 0.3) is 0 Å². The normalized spacial score (nSPS) is 18.7. The van der Waals surface area contributed by atoms with E-state index in [2.05, 4.69) is 5.32 Å². The molecule has 1 saturated heterocycles. The number of rotatable bonds is 4. The Morgan fingerprint density at radius 1 is 1.41 bits per heavy atom. The molecular weight excluding hydrogens is 278 g/mol. The fourth-order valence-electron chi connectivity index (χ4n) is 2.63. The van der Waals surface area contributed by atoms with Crippen molar-refractivity contribution in [3.8, 4) is 0 Å². The maximum atomic E-state index is 12.3. The zero-order valence-corrected chi connectivity index (χ0v) is 13.8. The first-order valence-corrected chi connectivity index (χ1v) is 7.64. The molecule has 1 atom stereocenters. The summed E-state index contributed by atoms with van der Waals surface area (Å²) < 4.78 is 0. The average molecular weight is 303 g/mol. The molecule has 1 heterocycles. The Hall–Kier alpha value is -1.88. The van der Waals surface area contributed by atoms with E-state index in [-0.39, 0.29) is 24.2 Å². The lowest BCUT2D eigenvalue weighted by Crippen LogP contribution is -2.51. The molecule has 1 unspecified atom stereocenters. The Morgan fingerprint density at radius 2 is 2.09 bits per heavy atom. The van der Waals surface area contributed by atoms with Gasteiger partial charge >= 0.3 is 0 Å². The van der Waals surface area contributed by atoms with Crippen LogP contribution in [0.4, 0.5) is 5.69 Å². The van der Waals surface area contributed by atoms with E-state index < -0.39 is 5.54 Å². The number of aryl methyl sites for hydroxylation is 1. The molecule has 0 radical (unpaired) electrons. The first-order chi connectivity index (χ1) is 10.2. The fraction of sp³-hybridized carbons (Fsp3) is 0.529. The minimum Gasteiger partial charge on any atom is -0.350 e. The van der Waals surface area contributed by atoms with Gasteiger partial charge in [-0.15, -0.1) is 0 Å². The van der Waals surface area contributed by atoms with E-state index in [1.807, 2.05) is 45.9 Å². The zero-order chi connectivity index (χ0) is 16.5. The number of nitrogens with zero attached hydrogens (tertiary/aromatic N) is 1. The van der Waals surface area contributed by atoms with E-state index in [1.54, 1.807) is 4.90 Å². The van der Waals surface area contributed by atoms with Crippen LogP contribution >= 0.6 is 0 Å². The lowest BCUT2D eigenvalue weighted by Gasteiger charge is -2.26. The summed E-state index contributed by atoms with van der Waals surface area (Å²) in [5, 5.41) is 2.92. The minimum absolute atomic E-state index is 0.000551. The molecule has 1 aromatic carbocycles. The van der Waals surface area contributed by atoms with Gasteiger partial charge in [0.05, 0.1) is 5.92 Å². The largest absolute Gasteiger partial charge is 0.350 e. The maximum absolute atomic E-state index is 12.3. The van der Waals surface area contributed by atoms with Gasteiger partial charge < -0.3 is 16.0 Å². The summed E-state index contributed by atoms with van der Waals surface area (Å²) in [6, 6.07) is 5.90. The monoisotopic (exact) mass is 303 g/mol. The van der Waals surface area contributed by atoms with Gasteiger partial charge in [0.25, 0.3) is 0 Å². The molecule has 0 spiro atoms. The van der Waals surface area contributed by atoms with Crippen molar-refractivity contribution in [1.82, 2.24) is 5.32 Å². The molecule has 2 rings (SSSR count). The number of carbonyl (C=O) groups excluding carboxylic acids is 2. The number of hydrogen-bond donors (Lipinski definition) is 2. The molecular formula is C17H25N3O2. The Balaban J connectivity index is 2.14. The second-order valence-electron chi connectivity index (χ2n) is 6.70. The molecule has 1 fully saturated rings. The van der Waals surface area contributed by atoms with Crippen molar-refractivity contribution in [3.05, 3.63) is 29.3 Å². The molecule has 5 heteroatoms. The molecule has 5 nitrogen and oxygen atoms in total. The van der Waals surface area contributed by atoms with E-state index >= 15 is 0 Å². The fourth-order valence-corrected chi connectivity index (χ4v) is 2.63. The minimum atomic E-state index is -0.452. The van der Waals surface area contributed by atoms with Gasteiger partial charge in [-0.25, -0.2) is 0 Å². The third kappa shape index (κ3) is 3.30. The summed E-state index contributed by atoms with van der Waals surface area (Å²) in [5.41, 5.74) is 8.32. The number of benzene rings is 1. The zero-order valence-electron chi connectivity index (χ0n) is 13.8. The van der Waals surface area contributed by atoms with Crippen LogP contribution in [0.5, 0.6) is 0 Å².